The van der Waals surface area contributed by atoms with E-state index in [0.29, 0.717) is 23.3 Å². The van der Waals surface area contributed by atoms with Crippen molar-refractivity contribution in [3.05, 3.63) is 29.3 Å². The summed E-state index contributed by atoms with van der Waals surface area (Å²) in [7, 11) is 1.52. The minimum atomic E-state index is -5.06. The molecule has 158 valence electrons. The summed E-state index contributed by atoms with van der Waals surface area (Å²) >= 11 is 0.725. The van der Waals surface area contributed by atoms with Crippen LogP contribution < -0.4 is 5.32 Å². The summed E-state index contributed by atoms with van der Waals surface area (Å²) in [6, 6.07) is 6.47. The number of aliphatic hydroxyl groups is 1. The minimum absolute atomic E-state index is 0.163. The van der Waals surface area contributed by atoms with E-state index in [1.54, 1.807) is 24.3 Å². The minimum Gasteiger partial charge on any atom is -0.374 e. The number of amides is 2. The molecular formula is C18H21F3N4O3S. The van der Waals surface area contributed by atoms with Crippen LogP contribution in [0.3, 0.4) is 0 Å². The van der Waals surface area contributed by atoms with Crippen molar-refractivity contribution in [3.63, 3.8) is 0 Å². The van der Waals surface area contributed by atoms with Gasteiger partial charge in [0.15, 0.2) is 0 Å². The highest BCUT2D eigenvalue weighted by Gasteiger charge is 2.58. The molecule has 29 heavy (non-hydrogen) atoms. The first kappa shape index (κ1) is 21.5. The average molecular weight is 430 g/mol. The summed E-state index contributed by atoms with van der Waals surface area (Å²) in [6.45, 7) is 1.26. The SMILES string of the molecule is CNC(=O)CN1CCN(C(=O)CC(O)(c2nc3ccccc3s2)C(F)(F)F)CC1. The van der Waals surface area contributed by atoms with E-state index in [4.69, 9.17) is 0 Å². The highest BCUT2D eigenvalue weighted by Crippen LogP contribution is 2.44. The van der Waals surface area contributed by atoms with Gasteiger partial charge in [-0.1, -0.05) is 12.1 Å². The van der Waals surface area contributed by atoms with E-state index in [2.05, 4.69) is 10.3 Å². The van der Waals surface area contributed by atoms with Crippen LogP contribution in [0.25, 0.3) is 10.2 Å². The number of hydrogen-bond donors (Lipinski definition) is 2. The van der Waals surface area contributed by atoms with Gasteiger partial charge in [-0.15, -0.1) is 11.3 Å². The van der Waals surface area contributed by atoms with E-state index in [1.165, 1.54) is 11.9 Å². The van der Waals surface area contributed by atoms with Gasteiger partial charge in [-0.3, -0.25) is 14.5 Å². The highest BCUT2D eigenvalue weighted by molar-refractivity contribution is 7.18. The Bertz CT molecular complexity index is 863. The fraction of sp³-hybridized carbons (Fsp3) is 0.500. The highest BCUT2D eigenvalue weighted by atomic mass is 32.1. The Labute approximate surface area is 169 Å². The van der Waals surface area contributed by atoms with E-state index in [-0.39, 0.29) is 25.5 Å². The number of halogens is 3. The number of carbonyl (C=O) groups excluding carboxylic acids is 2. The van der Waals surface area contributed by atoms with Crippen LogP contribution in [0.15, 0.2) is 24.3 Å². The van der Waals surface area contributed by atoms with Crippen LogP contribution in [-0.4, -0.2) is 77.7 Å². The number of benzene rings is 1. The molecule has 1 aromatic carbocycles. The fourth-order valence-electron chi connectivity index (χ4n) is 3.11. The molecule has 11 heteroatoms. The molecule has 2 heterocycles. The van der Waals surface area contributed by atoms with Gasteiger partial charge in [0.25, 0.3) is 0 Å². The van der Waals surface area contributed by atoms with Crippen molar-refractivity contribution in [2.24, 2.45) is 0 Å². The molecule has 0 saturated carbocycles. The van der Waals surface area contributed by atoms with Crippen LogP contribution in [0.4, 0.5) is 13.2 Å². The van der Waals surface area contributed by atoms with Crippen molar-refractivity contribution in [3.8, 4) is 0 Å². The molecule has 1 unspecified atom stereocenters. The lowest BCUT2D eigenvalue weighted by Gasteiger charge is -2.36. The molecule has 1 aliphatic rings. The van der Waals surface area contributed by atoms with Crippen LogP contribution in [0.5, 0.6) is 0 Å². The second kappa shape index (κ2) is 8.25. The maximum Gasteiger partial charge on any atom is 0.424 e. The number of likely N-dealkylation sites (N-methyl/N-ethyl adjacent to an activating group) is 1. The molecule has 1 aliphatic heterocycles. The summed E-state index contributed by atoms with van der Waals surface area (Å²) < 4.78 is 41.9. The molecule has 3 rings (SSSR count). The van der Waals surface area contributed by atoms with Crippen molar-refractivity contribution in [1.29, 1.82) is 0 Å². The van der Waals surface area contributed by atoms with Gasteiger partial charge in [0.2, 0.25) is 17.4 Å². The van der Waals surface area contributed by atoms with Gasteiger partial charge in [-0.25, -0.2) is 4.98 Å². The maximum atomic E-state index is 13.8. The normalized spacial score (nSPS) is 17.9. The number of nitrogens with one attached hydrogen (secondary N) is 1. The third-order valence-electron chi connectivity index (χ3n) is 4.89. The average Bonchev–Trinajstić information content (AvgIpc) is 3.12. The standard InChI is InChI=1S/C18H21F3N4O3S/c1-22-14(26)11-24-6-8-25(9-7-24)15(27)10-17(28,18(19,20)21)16-23-12-4-2-3-5-13(12)29-16/h2-5,28H,6-11H2,1H3,(H,22,26). The monoisotopic (exact) mass is 430 g/mol. The quantitative estimate of drug-likeness (QED) is 0.748. The molecule has 0 aliphatic carbocycles. The van der Waals surface area contributed by atoms with E-state index in [9.17, 15) is 27.9 Å². The van der Waals surface area contributed by atoms with Crippen molar-refractivity contribution in [1.82, 2.24) is 20.1 Å². The number of rotatable bonds is 5. The number of aromatic nitrogens is 1. The predicted molar refractivity (Wildman–Crippen MR) is 101 cm³/mol. The van der Waals surface area contributed by atoms with Crippen LogP contribution in [0, 0.1) is 0 Å². The van der Waals surface area contributed by atoms with Crippen LogP contribution >= 0.6 is 11.3 Å². The van der Waals surface area contributed by atoms with Gasteiger partial charge in [-0.05, 0) is 12.1 Å². The molecule has 7 nitrogen and oxygen atoms in total. The molecule has 2 N–H and O–H groups in total. The number of fused-ring (bicyclic) bond motifs is 1. The molecule has 1 aromatic heterocycles. The van der Waals surface area contributed by atoms with Crippen molar-refractivity contribution < 1.29 is 27.9 Å². The summed E-state index contributed by atoms with van der Waals surface area (Å²) in [6.07, 6.45) is -6.19. The molecule has 0 spiro atoms. The van der Waals surface area contributed by atoms with Crippen LogP contribution in [-0.2, 0) is 15.2 Å². The molecule has 1 fully saturated rings. The van der Waals surface area contributed by atoms with Gasteiger partial charge in [0.05, 0.1) is 23.2 Å². The first-order chi connectivity index (χ1) is 13.6. The first-order valence-corrected chi connectivity index (χ1v) is 9.81. The largest absolute Gasteiger partial charge is 0.424 e. The number of piperazine rings is 1. The lowest BCUT2D eigenvalue weighted by Crippen LogP contribution is -2.53. The molecular weight excluding hydrogens is 409 g/mol. The predicted octanol–water partition coefficient (Wildman–Crippen LogP) is 1.33. The van der Waals surface area contributed by atoms with Crippen molar-refractivity contribution in [2.75, 3.05) is 39.8 Å². The summed E-state index contributed by atoms with van der Waals surface area (Å²) in [4.78, 5) is 31.0. The summed E-state index contributed by atoms with van der Waals surface area (Å²) in [5.74, 6) is -0.976. The van der Waals surface area contributed by atoms with Gasteiger partial charge >= 0.3 is 6.18 Å². The molecule has 1 saturated heterocycles. The van der Waals surface area contributed by atoms with Crippen molar-refractivity contribution in [2.45, 2.75) is 18.2 Å². The van der Waals surface area contributed by atoms with E-state index in [1.807, 2.05) is 4.90 Å². The molecule has 1 atom stereocenters. The fourth-order valence-corrected chi connectivity index (χ4v) is 4.19. The molecule has 2 aromatic rings. The Morgan fingerprint density at radius 1 is 1.21 bits per heavy atom. The Morgan fingerprint density at radius 3 is 2.45 bits per heavy atom. The van der Waals surface area contributed by atoms with Crippen LogP contribution in [0.1, 0.15) is 11.4 Å². The van der Waals surface area contributed by atoms with E-state index < -0.39 is 29.1 Å². The van der Waals surface area contributed by atoms with E-state index in [0.717, 1.165) is 11.3 Å². The van der Waals surface area contributed by atoms with Crippen LogP contribution in [0.2, 0.25) is 0 Å². The Balaban J connectivity index is 1.74. The Hall–Kier alpha value is -2.24. The lowest BCUT2D eigenvalue weighted by molar-refractivity contribution is -0.268. The first-order valence-electron chi connectivity index (χ1n) is 9.00. The second-order valence-electron chi connectivity index (χ2n) is 6.85. The van der Waals surface area contributed by atoms with Gasteiger partial charge < -0.3 is 15.3 Å². The Kier molecular flexibility index (Phi) is 6.11. The summed E-state index contributed by atoms with van der Waals surface area (Å²) in [5.41, 5.74) is -3.02. The number of para-hydroxylation sites is 1. The maximum absolute atomic E-state index is 13.8. The topological polar surface area (TPSA) is 85.8 Å². The number of hydrogen-bond acceptors (Lipinski definition) is 6. The lowest BCUT2D eigenvalue weighted by atomic mass is 9.98. The number of thiazole rings is 1. The number of carbonyl (C=O) groups is 2. The van der Waals surface area contributed by atoms with E-state index >= 15 is 0 Å². The molecule has 0 radical (unpaired) electrons. The second-order valence-corrected chi connectivity index (χ2v) is 7.88. The third kappa shape index (κ3) is 4.51. The zero-order valence-electron chi connectivity index (χ0n) is 15.7. The molecule has 0 bridgehead atoms. The van der Waals surface area contributed by atoms with Gasteiger partial charge in [0, 0.05) is 33.2 Å². The van der Waals surface area contributed by atoms with Crippen molar-refractivity contribution >= 4 is 33.4 Å². The molecule has 2 amide bonds. The number of nitrogens with zero attached hydrogens (tertiary/aromatic N) is 3. The van der Waals surface area contributed by atoms with Gasteiger partial charge in [-0.2, -0.15) is 13.2 Å². The van der Waals surface area contributed by atoms with Gasteiger partial charge in [0.1, 0.15) is 5.01 Å². The summed E-state index contributed by atoms with van der Waals surface area (Å²) in [5, 5.41) is 12.5. The number of alkyl halides is 3. The Morgan fingerprint density at radius 2 is 1.86 bits per heavy atom. The third-order valence-corrected chi connectivity index (χ3v) is 6.08. The zero-order chi connectivity index (χ0) is 21.2. The zero-order valence-corrected chi connectivity index (χ0v) is 16.5. The smallest absolute Gasteiger partial charge is 0.374 e.